The summed E-state index contributed by atoms with van der Waals surface area (Å²) in [6.07, 6.45) is 1.12. The molecule has 0 saturated heterocycles. The number of aryl methyl sites for hydroxylation is 1. The predicted molar refractivity (Wildman–Crippen MR) is 70.6 cm³/mol. The summed E-state index contributed by atoms with van der Waals surface area (Å²) < 4.78 is 11.0. The number of hydrogen-bond acceptors (Lipinski definition) is 3. The lowest BCUT2D eigenvalue weighted by Gasteiger charge is -2.19. The van der Waals surface area contributed by atoms with Crippen LogP contribution < -0.4 is 10.1 Å². The number of benzene rings is 1. The van der Waals surface area contributed by atoms with Crippen LogP contribution in [-0.4, -0.2) is 32.9 Å². The highest BCUT2D eigenvalue weighted by Crippen LogP contribution is 2.16. The van der Waals surface area contributed by atoms with Gasteiger partial charge in [0.2, 0.25) is 0 Å². The lowest BCUT2D eigenvalue weighted by molar-refractivity contribution is 0.136. The molecule has 1 N–H and O–H groups in total. The highest BCUT2D eigenvalue weighted by Gasteiger charge is 2.08. The second-order valence-corrected chi connectivity index (χ2v) is 4.18. The van der Waals surface area contributed by atoms with Crippen molar-refractivity contribution >= 4 is 0 Å². The molecule has 0 aliphatic heterocycles. The number of rotatable bonds is 8. The molecule has 17 heavy (non-hydrogen) atoms. The van der Waals surface area contributed by atoms with Crippen LogP contribution in [0.3, 0.4) is 0 Å². The van der Waals surface area contributed by atoms with Crippen molar-refractivity contribution in [1.29, 1.82) is 0 Å². The Morgan fingerprint density at radius 2 is 2.00 bits per heavy atom. The van der Waals surface area contributed by atoms with E-state index in [0.29, 0.717) is 13.2 Å². The van der Waals surface area contributed by atoms with Crippen LogP contribution in [-0.2, 0) is 4.74 Å². The van der Waals surface area contributed by atoms with E-state index in [1.165, 1.54) is 5.56 Å². The molecule has 1 aromatic rings. The third-order valence-corrected chi connectivity index (χ3v) is 2.58. The Hall–Kier alpha value is -1.06. The van der Waals surface area contributed by atoms with Gasteiger partial charge in [-0.15, -0.1) is 0 Å². The standard InChI is InChI=1S/C14H23NO2/c1-4-9-15-13(10-16-3)11-17-14-8-6-5-7-12(14)2/h5-8,13,15H,4,9-11H2,1-3H3. The fourth-order valence-electron chi connectivity index (χ4n) is 1.62. The van der Waals surface area contributed by atoms with Crippen LogP contribution >= 0.6 is 0 Å². The van der Waals surface area contributed by atoms with E-state index in [4.69, 9.17) is 9.47 Å². The molecule has 1 unspecified atom stereocenters. The molecule has 1 aromatic carbocycles. The van der Waals surface area contributed by atoms with Crippen molar-refractivity contribution in [2.24, 2.45) is 0 Å². The zero-order chi connectivity index (χ0) is 12.5. The molecule has 0 spiro atoms. The molecule has 0 saturated carbocycles. The normalized spacial score (nSPS) is 12.4. The minimum Gasteiger partial charge on any atom is -0.492 e. The molecule has 0 heterocycles. The van der Waals surface area contributed by atoms with Gasteiger partial charge in [-0.25, -0.2) is 0 Å². The van der Waals surface area contributed by atoms with Gasteiger partial charge >= 0.3 is 0 Å². The zero-order valence-electron chi connectivity index (χ0n) is 11.0. The molecule has 0 radical (unpaired) electrons. The van der Waals surface area contributed by atoms with Crippen molar-refractivity contribution in [2.45, 2.75) is 26.3 Å². The van der Waals surface area contributed by atoms with Gasteiger partial charge in [0.1, 0.15) is 12.4 Å². The quantitative estimate of drug-likeness (QED) is 0.753. The maximum atomic E-state index is 5.81. The van der Waals surface area contributed by atoms with Crippen LogP contribution in [0, 0.1) is 6.92 Å². The zero-order valence-corrected chi connectivity index (χ0v) is 11.0. The van der Waals surface area contributed by atoms with E-state index in [1.54, 1.807) is 7.11 Å². The number of para-hydroxylation sites is 1. The second kappa shape index (κ2) is 8.09. The van der Waals surface area contributed by atoms with Crippen molar-refractivity contribution < 1.29 is 9.47 Å². The van der Waals surface area contributed by atoms with Gasteiger partial charge in [-0.1, -0.05) is 25.1 Å². The smallest absolute Gasteiger partial charge is 0.122 e. The molecule has 1 atom stereocenters. The first-order valence-electron chi connectivity index (χ1n) is 6.18. The van der Waals surface area contributed by atoms with E-state index >= 15 is 0 Å². The first kappa shape index (κ1) is 14.0. The second-order valence-electron chi connectivity index (χ2n) is 4.18. The van der Waals surface area contributed by atoms with Crippen molar-refractivity contribution in [3.05, 3.63) is 29.8 Å². The third-order valence-electron chi connectivity index (χ3n) is 2.58. The molecule has 3 nitrogen and oxygen atoms in total. The van der Waals surface area contributed by atoms with Crippen molar-refractivity contribution in [2.75, 3.05) is 26.9 Å². The van der Waals surface area contributed by atoms with Gasteiger partial charge in [0.05, 0.1) is 12.6 Å². The Kier molecular flexibility index (Phi) is 6.67. The molecule has 3 heteroatoms. The van der Waals surface area contributed by atoms with Crippen LogP contribution in [0.15, 0.2) is 24.3 Å². The first-order chi connectivity index (χ1) is 8.27. The van der Waals surface area contributed by atoms with E-state index in [-0.39, 0.29) is 6.04 Å². The Labute approximate surface area is 104 Å². The third kappa shape index (κ3) is 5.20. The van der Waals surface area contributed by atoms with E-state index in [2.05, 4.69) is 25.2 Å². The van der Waals surface area contributed by atoms with E-state index in [1.807, 2.05) is 18.2 Å². The maximum absolute atomic E-state index is 5.81. The van der Waals surface area contributed by atoms with Gasteiger partial charge < -0.3 is 14.8 Å². The topological polar surface area (TPSA) is 30.5 Å². The number of hydrogen-bond donors (Lipinski definition) is 1. The summed E-state index contributed by atoms with van der Waals surface area (Å²) in [5.41, 5.74) is 1.17. The molecule has 0 aromatic heterocycles. The van der Waals surface area contributed by atoms with Gasteiger partial charge in [-0.3, -0.25) is 0 Å². The van der Waals surface area contributed by atoms with Crippen LogP contribution in [0.1, 0.15) is 18.9 Å². The molecule has 1 rings (SSSR count). The van der Waals surface area contributed by atoms with Crippen LogP contribution in [0.4, 0.5) is 0 Å². The van der Waals surface area contributed by atoms with Crippen LogP contribution in [0.25, 0.3) is 0 Å². The lowest BCUT2D eigenvalue weighted by atomic mass is 10.2. The summed E-state index contributed by atoms with van der Waals surface area (Å²) in [5, 5.41) is 3.41. The number of ether oxygens (including phenoxy) is 2. The molecule has 96 valence electrons. The fourth-order valence-corrected chi connectivity index (χ4v) is 1.62. The summed E-state index contributed by atoms with van der Waals surface area (Å²) in [5.74, 6) is 0.951. The van der Waals surface area contributed by atoms with Crippen LogP contribution in [0.5, 0.6) is 5.75 Å². The van der Waals surface area contributed by atoms with E-state index in [0.717, 1.165) is 18.7 Å². The summed E-state index contributed by atoms with van der Waals surface area (Å²) >= 11 is 0. The Morgan fingerprint density at radius 1 is 1.24 bits per heavy atom. The molecule has 0 aliphatic rings. The van der Waals surface area contributed by atoms with E-state index in [9.17, 15) is 0 Å². The highest BCUT2D eigenvalue weighted by molar-refractivity contribution is 5.31. The molecular formula is C14H23NO2. The van der Waals surface area contributed by atoms with E-state index < -0.39 is 0 Å². The average molecular weight is 237 g/mol. The van der Waals surface area contributed by atoms with Crippen molar-refractivity contribution in [3.63, 3.8) is 0 Å². The van der Waals surface area contributed by atoms with Gasteiger partial charge in [0, 0.05) is 7.11 Å². The van der Waals surface area contributed by atoms with Crippen molar-refractivity contribution in [3.8, 4) is 5.75 Å². The number of methoxy groups -OCH3 is 1. The predicted octanol–water partition coefficient (Wildman–Crippen LogP) is 2.39. The highest BCUT2D eigenvalue weighted by atomic mass is 16.5. The SMILES string of the molecule is CCCNC(COC)COc1ccccc1C. The minimum absolute atomic E-state index is 0.250. The lowest BCUT2D eigenvalue weighted by Crippen LogP contribution is -2.38. The summed E-state index contributed by atoms with van der Waals surface area (Å²) in [4.78, 5) is 0. The molecular weight excluding hydrogens is 214 g/mol. The fraction of sp³-hybridized carbons (Fsp3) is 0.571. The Morgan fingerprint density at radius 3 is 2.65 bits per heavy atom. The maximum Gasteiger partial charge on any atom is 0.122 e. The largest absolute Gasteiger partial charge is 0.492 e. The summed E-state index contributed by atoms with van der Waals surface area (Å²) in [6, 6.07) is 8.32. The molecule has 0 bridgehead atoms. The Balaban J connectivity index is 2.42. The molecule has 0 fully saturated rings. The van der Waals surface area contributed by atoms with Crippen LogP contribution in [0.2, 0.25) is 0 Å². The average Bonchev–Trinajstić information content (AvgIpc) is 2.34. The number of nitrogens with one attached hydrogen (secondary N) is 1. The minimum atomic E-state index is 0.250. The monoisotopic (exact) mass is 237 g/mol. The molecule has 0 aliphatic carbocycles. The molecule has 0 amide bonds. The summed E-state index contributed by atoms with van der Waals surface area (Å²) in [6.45, 7) is 6.51. The van der Waals surface area contributed by atoms with Crippen molar-refractivity contribution in [1.82, 2.24) is 5.32 Å². The van der Waals surface area contributed by atoms with Gasteiger partial charge in [-0.2, -0.15) is 0 Å². The summed E-state index contributed by atoms with van der Waals surface area (Å²) in [7, 11) is 1.72. The van der Waals surface area contributed by atoms with Gasteiger partial charge in [0.15, 0.2) is 0 Å². The van der Waals surface area contributed by atoms with Gasteiger partial charge in [0.25, 0.3) is 0 Å². The van der Waals surface area contributed by atoms with Gasteiger partial charge in [-0.05, 0) is 31.5 Å². The first-order valence-corrected chi connectivity index (χ1v) is 6.18. The Bertz CT molecular complexity index is 315.